The van der Waals surface area contributed by atoms with E-state index in [4.69, 9.17) is 16.3 Å². The van der Waals surface area contributed by atoms with Gasteiger partial charge in [0.25, 0.3) is 5.91 Å². The summed E-state index contributed by atoms with van der Waals surface area (Å²) in [5.74, 6) is 1.85. The average Bonchev–Trinajstić information content (AvgIpc) is 3.13. The van der Waals surface area contributed by atoms with Crippen LogP contribution in [0.25, 0.3) is 0 Å². The van der Waals surface area contributed by atoms with Gasteiger partial charge in [0.2, 0.25) is 0 Å². The van der Waals surface area contributed by atoms with Crippen molar-refractivity contribution in [2.45, 2.75) is 12.2 Å². The quantitative estimate of drug-likeness (QED) is 0.760. The third-order valence-electron chi connectivity index (χ3n) is 3.92. The lowest BCUT2D eigenvalue weighted by atomic mass is 10.1. The van der Waals surface area contributed by atoms with Gasteiger partial charge in [0.05, 0.1) is 25.1 Å². The number of carbonyl (C=O) groups is 1. The fourth-order valence-electron chi connectivity index (χ4n) is 2.65. The summed E-state index contributed by atoms with van der Waals surface area (Å²) in [7, 11) is 1.63. The number of thioether (sulfide) groups is 1. The first-order chi connectivity index (χ1) is 12.2. The zero-order chi connectivity index (χ0) is 17.6. The third-order valence-corrected chi connectivity index (χ3v) is 5.12. The maximum Gasteiger partial charge on any atom is 0.252 e. The van der Waals surface area contributed by atoms with Gasteiger partial charge in [-0.3, -0.25) is 4.79 Å². The summed E-state index contributed by atoms with van der Waals surface area (Å²) in [6, 6.07) is 15.5. The predicted molar refractivity (Wildman–Crippen MR) is 103 cm³/mol. The predicted octanol–water partition coefficient (Wildman–Crippen LogP) is 4.22. The molecule has 2 aromatic rings. The molecule has 0 fully saturated rings. The summed E-state index contributed by atoms with van der Waals surface area (Å²) >= 11 is 7.57. The SMILES string of the molecule is COc1ccc(Cl)cc1CSCC(=O)N1CCC(c2ccccc2)=N1. The average molecular weight is 375 g/mol. The molecule has 25 heavy (non-hydrogen) atoms. The van der Waals surface area contributed by atoms with Crippen LogP contribution in [0.4, 0.5) is 0 Å². The van der Waals surface area contributed by atoms with Gasteiger partial charge < -0.3 is 4.74 Å². The Morgan fingerprint density at radius 2 is 2.08 bits per heavy atom. The molecule has 3 rings (SSSR count). The van der Waals surface area contributed by atoms with E-state index in [1.54, 1.807) is 18.2 Å². The van der Waals surface area contributed by atoms with Gasteiger partial charge in [-0.1, -0.05) is 41.9 Å². The standard InChI is InChI=1S/C19H19ClN2O2S/c1-24-18-8-7-16(20)11-15(18)12-25-13-19(23)22-10-9-17(21-22)14-5-3-2-4-6-14/h2-8,11H,9-10,12-13H2,1H3. The molecule has 0 atom stereocenters. The number of benzene rings is 2. The molecule has 0 saturated heterocycles. The van der Waals surface area contributed by atoms with E-state index in [0.717, 1.165) is 29.0 Å². The van der Waals surface area contributed by atoms with Gasteiger partial charge in [0.1, 0.15) is 5.75 Å². The van der Waals surface area contributed by atoms with Crippen LogP contribution in [0.2, 0.25) is 5.02 Å². The number of hydrogen-bond donors (Lipinski definition) is 0. The summed E-state index contributed by atoms with van der Waals surface area (Å²) < 4.78 is 5.33. The van der Waals surface area contributed by atoms with Gasteiger partial charge in [0.15, 0.2) is 0 Å². The van der Waals surface area contributed by atoms with Crippen LogP contribution in [0.15, 0.2) is 53.6 Å². The summed E-state index contributed by atoms with van der Waals surface area (Å²) in [4.78, 5) is 12.4. The number of nitrogens with zero attached hydrogens (tertiary/aromatic N) is 2. The van der Waals surface area contributed by atoms with Crippen LogP contribution in [0.3, 0.4) is 0 Å². The Morgan fingerprint density at radius 1 is 1.28 bits per heavy atom. The number of carbonyl (C=O) groups excluding carboxylic acids is 1. The van der Waals surface area contributed by atoms with Crippen LogP contribution < -0.4 is 4.74 Å². The lowest BCUT2D eigenvalue weighted by Crippen LogP contribution is -2.25. The molecule has 1 aliphatic rings. The molecular weight excluding hydrogens is 356 g/mol. The molecule has 1 amide bonds. The monoisotopic (exact) mass is 374 g/mol. The zero-order valence-electron chi connectivity index (χ0n) is 13.9. The Bertz CT molecular complexity index is 780. The summed E-state index contributed by atoms with van der Waals surface area (Å²) in [5, 5.41) is 6.71. The van der Waals surface area contributed by atoms with E-state index in [1.807, 2.05) is 42.5 Å². The van der Waals surface area contributed by atoms with Crippen molar-refractivity contribution in [2.75, 3.05) is 19.4 Å². The molecule has 1 aliphatic heterocycles. The fourth-order valence-corrected chi connectivity index (χ4v) is 3.72. The van der Waals surface area contributed by atoms with E-state index in [0.29, 0.717) is 23.1 Å². The minimum Gasteiger partial charge on any atom is -0.496 e. The van der Waals surface area contributed by atoms with Crippen molar-refractivity contribution in [2.24, 2.45) is 5.10 Å². The first-order valence-electron chi connectivity index (χ1n) is 8.01. The molecular formula is C19H19ClN2O2S. The van der Waals surface area contributed by atoms with Crippen molar-refractivity contribution in [1.82, 2.24) is 5.01 Å². The molecule has 0 radical (unpaired) electrons. The van der Waals surface area contributed by atoms with Crippen LogP contribution in [0, 0.1) is 0 Å². The van der Waals surface area contributed by atoms with E-state index in [-0.39, 0.29) is 5.91 Å². The fraction of sp³-hybridized carbons (Fsp3) is 0.263. The molecule has 0 aromatic heterocycles. The second kappa shape index (κ2) is 8.41. The third kappa shape index (κ3) is 4.55. The minimum absolute atomic E-state index is 0.0249. The molecule has 0 spiro atoms. The van der Waals surface area contributed by atoms with E-state index in [2.05, 4.69) is 5.10 Å². The summed E-state index contributed by atoms with van der Waals surface area (Å²) in [6.45, 7) is 0.643. The number of hydrazone groups is 1. The molecule has 4 nitrogen and oxygen atoms in total. The van der Waals surface area contributed by atoms with Crippen LogP contribution in [0.1, 0.15) is 17.5 Å². The second-order valence-electron chi connectivity index (χ2n) is 5.63. The van der Waals surface area contributed by atoms with Crippen molar-refractivity contribution in [3.63, 3.8) is 0 Å². The van der Waals surface area contributed by atoms with Crippen LogP contribution >= 0.6 is 23.4 Å². The molecule has 6 heteroatoms. The lowest BCUT2D eigenvalue weighted by molar-refractivity contribution is -0.127. The van der Waals surface area contributed by atoms with Crippen molar-refractivity contribution in [3.05, 3.63) is 64.7 Å². The zero-order valence-corrected chi connectivity index (χ0v) is 15.5. The topological polar surface area (TPSA) is 41.9 Å². The molecule has 130 valence electrons. The van der Waals surface area contributed by atoms with Crippen molar-refractivity contribution in [3.8, 4) is 5.75 Å². The van der Waals surface area contributed by atoms with Gasteiger partial charge in [-0.05, 0) is 23.8 Å². The molecule has 0 saturated carbocycles. The van der Waals surface area contributed by atoms with E-state index >= 15 is 0 Å². The minimum atomic E-state index is 0.0249. The number of rotatable bonds is 6. The molecule has 1 heterocycles. The Morgan fingerprint density at radius 3 is 2.84 bits per heavy atom. The summed E-state index contributed by atoms with van der Waals surface area (Å²) in [6.07, 6.45) is 0.794. The molecule has 0 aliphatic carbocycles. The number of halogens is 1. The maximum absolute atomic E-state index is 12.4. The largest absolute Gasteiger partial charge is 0.496 e. The summed E-state index contributed by atoms with van der Waals surface area (Å²) in [5.41, 5.74) is 3.03. The van der Waals surface area contributed by atoms with Gasteiger partial charge in [0, 0.05) is 22.8 Å². The highest BCUT2D eigenvalue weighted by Gasteiger charge is 2.21. The van der Waals surface area contributed by atoms with Gasteiger partial charge >= 0.3 is 0 Å². The highest BCUT2D eigenvalue weighted by Crippen LogP contribution is 2.27. The van der Waals surface area contributed by atoms with Crippen LogP contribution in [-0.2, 0) is 10.5 Å². The Balaban J connectivity index is 1.55. The van der Waals surface area contributed by atoms with Crippen LogP contribution in [0.5, 0.6) is 5.75 Å². The van der Waals surface area contributed by atoms with Crippen molar-refractivity contribution in [1.29, 1.82) is 0 Å². The highest BCUT2D eigenvalue weighted by molar-refractivity contribution is 7.99. The molecule has 0 N–H and O–H groups in total. The molecule has 0 unspecified atom stereocenters. The first-order valence-corrected chi connectivity index (χ1v) is 9.54. The number of methoxy groups -OCH3 is 1. The Kier molecular flexibility index (Phi) is 6.00. The first kappa shape index (κ1) is 17.8. The Labute approximate surface area is 156 Å². The van der Waals surface area contributed by atoms with Gasteiger partial charge in [-0.25, -0.2) is 5.01 Å². The second-order valence-corrected chi connectivity index (χ2v) is 7.05. The smallest absolute Gasteiger partial charge is 0.252 e. The van der Waals surface area contributed by atoms with E-state index < -0.39 is 0 Å². The number of hydrogen-bond acceptors (Lipinski definition) is 4. The Hall–Kier alpha value is -1.98. The van der Waals surface area contributed by atoms with E-state index in [9.17, 15) is 4.79 Å². The normalized spacial score (nSPS) is 13.7. The van der Waals surface area contributed by atoms with Crippen molar-refractivity contribution >= 4 is 35.0 Å². The van der Waals surface area contributed by atoms with Crippen LogP contribution in [-0.4, -0.2) is 36.0 Å². The van der Waals surface area contributed by atoms with E-state index in [1.165, 1.54) is 11.8 Å². The highest BCUT2D eigenvalue weighted by atomic mass is 35.5. The van der Waals surface area contributed by atoms with Gasteiger partial charge in [-0.15, -0.1) is 11.8 Å². The molecule has 0 bridgehead atoms. The number of amides is 1. The maximum atomic E-state index is 12.4. The molecule has 2 aromatic carbocycles. The van der Waals surface area contributed by atoms with Gasteiger partial charge in [-0.2, -0.15) is 5.10 Å². The lowest BCUT2D eigenvalue weighted by Gasteiger charge is -2.12. The number of ether oxygens (including phenoxy) is 1. The van der Waals surface area contributed by atoms with Crippen molar-refractivity contribution < 1.29 is 9.53 Å².